The molecule has 16 heavy (non-hydrogen) atoms. The summed E-state index contributed by atoms with van der Waals surface area (Å²) in [6.45, 7) is 4.08. The first-order valence-electron chi connectivity index (χ1n) is 5.99. The van der Waals surface area contributed by atoms with E-state index in [1.165, 1.54) is 19.3 Å². The minimum atomic E-state index is 0.00463. The van der Waals surface area contributed by atoms with E-state index in [1.54, 1.807) is 6.20 Å². The Kier molecular flexibility index (Phi) is 3.27. The Labute approximate surface area is 95.8 Å². The van der Waals surface area contributed by atoms with Crippen LogP contribution in [0.1, 0.15) is 48.7 Å². The second kappa shape index (κ2) is 4.68. The molecule has 0 bridgehead atoms. The monoisotopic (exact) mass is 221 g/mol. The highest BCUT2D eigenvalue weighted by Gasteiger charge is 2.23. The number of carbonyl (C=O) groups excluding carboxylic acids is 1. The van der Waals surface area contributed by atoms with E-state index in [-0.39, 0.29) is 5.91 Å². The van der Waals surface area contributed by atoms with Crippen molar-refractivity contribution in [1.29, 1.82) is 0 Å². The predicted octanol–water partition coefficient (Wildman–Crippen LogP) is 2.03. The second-order valence-corrected chi connectivity index (χ2v) is 4.75. The van der Waals surface area contributed by atoms with Crippen molar-refractivity contribution in [2.24, 2.45) is 5.92 Å². The van der Waals surface area contributed by atoms with Gasteiger partial charge in [-0.3, -0.25) is 9.89 Å². The summed E-state index contributed by atoms with van der Waals surface area (Å²) in [4.78, 5) is 12.0. The van der Waals surface area contributed by atoms with Crippen molar-refractivity contribution in [3.8, 4) is 0 Å². The number of nitrogens with one attached hydrogen (secondary N) is 2. The Bertz CT molecular complexity index is 372. The molecule has 1 heterocycles. The van der Waals surface area contributed by atoms with Gasteiger partial charge in [0.05, 0.1) is 11.8 Å². The Morgan fingerprint density at radius 1 is 1.50 bits per heavy atom. The van der Waals surface area contributed by atoms with Crippen LogP contribution in [0.3, 0.4) is 0 Å². The number of nitrogens with zero attached hydrogens (tertiary/aromatic N) is 1. The second-order valence-electron chi connectivity index (χ2n) is 4.75. The van der Waals surface area contributed by atoms with E-state index in [1.807, 2.05) is 6.92 Å². The Hall–Kier alpha value is -1.32. The molecule has 1 aliphatic rings. The number of aromatic amines is 1. The van der Waals surface area contributed by atoms with Crippen LogP contribution in [0.15, 0.2) is 6.20 Å². The predicted molar refractivity (Wildman–Crippen MR) is 62.2 cm³/mol. The largest absolute Gasteiger partial charge is 0.349 e. The lowest BCUT2D eigenvalue weighted by Gasteiger charge is -2.29. The molecular formula is C12H19N3O. The first-order chi connectivity index (χ1) is 7.68. The van der Waals surface area contributed by atoms with Gasteiger partial charge in [0.25, 0.3) is 5.91 Å². The summed E-state index contributed by atoms with van der Waals surface area (Å²) >= 11 is 0. The van der Waals surface area contributed by atoms with Gasteiger partial charge in [-0.2, -0.15) is 5.10 Å². The van der Waals surface area contributed by atoms with Crippen LogP contribution in [0.2, 0.25) is 0 Å². The van der Waals surface area contributed by atoms with Gasteiger partial charge in [0.15, 0.2) is 0 Å². The van der Waals surface area contributed by atoms with Crippen molar-refractivity contribution in [3.05, 3.63) is 17.5 Å². The van der Waals surface area contributed by atoms with Gasteiger partial charge in [0, 0.05) is 11.7 Å². The first-order valence-corrected chi connectivity index (χ1v) is 5.99. The molecule has 1 aromatic heterocycles. The zero-order valence-electron chi connectivity index (χ0n) is 9.92. The fourth-order valence-corrected chi connectivity index (χ4v) is 2.36. The van der Waals surface area contributed by atoms with Crippen molar-refractivity contribution in [1.82, 2.24) is 15.5 Å². The molecule has 2 unspecified atom stereocenters. The van der Waals surface area contributed by atoms with E-state index in [0.717, 1.165) is 12.1 Å². The summed E-state index contributed by atoms with van der Waals surface area (Å²) in [5.41, 5.74) is 1.50. The molecule has 4 heteroatoms. The quantitative estimate of drug-likeness (QED) is 0.802. The number of carbonyl (C=O) groups is 1. The number of rotatable bonds is 2. The number of hydrogen-bond donors (Lipinski definition) is 2. The highest BCUT2D eigenvalue weighted by molar-refractivity contribution is 5.95. The maximum atomic E-state index is 12.0. The Morgan fingerprint density at radius 3 is 2.88 bits per heavy atom. The van der Waals surface area contributed by atoms with Crippen LogP contribution in [0.5, 0.6) is 0 Å². The Balaban J connectivity index is 1.99. The number of hydrogen-bond acceptors (Lipinski definition) is 2. The van der Waals surface area contributed by atoms with Crippen LogP contribution in [0.25, 0.3) is 0 Å². The van der Waals surface area contributed by atoms with Gasteiger partial charge in [-0.1, -0.05) is 19.8 Å². The molecule has 2 rings (SSSR count). The highest BCUT2D eigenvalue weighted by Crippen LogP contribution is 2.24. The number of H-pyrrole nitrogens is 1. The lowest BCUT2D eigenvalue weighted by atomic mass is 9.86. The van der Waals surface area contributed by atoms with Gasteiger partial charge in [-0.25, -0.2) is 0 Å². The SMILES string of the molecule is Cc1[nH]ncc1C(=O)NC1CCCCC1C. The van der Waals surface area contributed by atoms with Gasteiger partial charge in [0.1, 0.15) is 0 Å². The minimum absolute atomic E-state index is 0.00463. The third-order valence-electron chi connectivity index (χ3n) is 3.50. The highest BCUT2D eigenvalue weighted by atomic mass is 16.1. The zero-order chi connectivity index (χ0) is 11.5. The summed E-state index contributed by atoms with van der Waals surface area (Å²) in [5, 5.41) is 9.77. The maximum Gasteiger partial charge on any atom is 0.254 e. The van der Waals surface area contributed by atoms with Crippen molar-refractivity contribution >= 4 is 5.91 Å². The molecule has 0 spiro atoms. The number of aromatic nitrogens is 2. The standard InChI is InChI=1S/C12H19N3O/c1-8-5-3-4-6-11(8)14-12(16)10-7-13-15-9(10)2/h7-8,11H,3-6H2,1-2H3,(H,13,15)(H,14,16). The lowest BCUT2D eigenvalue weighted by Crippen LogP contribution is -2.41. The van der Waals surface area contributed by atoms with Crippen molar-refractivity contribution in [2.75, 3.05) is 0 Å². The molecule has 4 nitrogen and oxygen atoms in total. The zero-order valence-corrected chi connectivity index (χ0v) is 9.92. The van der Waals surface area contributed by atoms with Crippen molar-refractivity contribution in [2.45, 2.75) is 45.6 Å². The molecular weight excluding hydrogens is 202 g/mol. The third-order valence-corrected chi connectivity index (χ3v) is 3.50. The topological polar surface area (TPSA) is 57.8 Å². The average molecular weight is 221 g/mol. The Morgan fingerprint density at radius 2 is 2.25 bits per heavy atom. The smallest absolute Gasteiger partial charge is 0.254 e. The summed E-state index contributed by atoms with van der Waals surface area (Å²) < 4.78 is 0. The van der Waals surface area contributed by atoms with Crippen LogP contribution in [0.4, 0.5) is 0 Å². The van der Waals surface area contributed by atoms with E-state index in [9.17, 15) is 4.79 Å². The van der Waals surface area contributed by atoms with Crippen LogP contribution < -0.4 is 5.32 Å². The summed E-state index contributed by atoms with van der Waals surface area (Å²) in [6.07, 6.45) is 6.43. The molecule has 1 fully saturated rings. The lowest BCUT2D eigenvalue weighted by molar-refractivity contribution is 0.0909. The molecule has 1 aliphatic carbocycles. The molecule has 1 aromatic rings. The van der Waals surface area contributed by atoms with Crippen LogP contribution in [-0.4, -0.2) is 22.1 Å². The van der Waals surface area contributed by atoms with E-state index in [4.69, 9.17) is 0 Å². The summed E-state index contributed by atoms with van der Waals surface area (Å²) in [6, 6.07) is 0.329. The van der Waals surface area contributed by atoms with Gasteiger partial charge in [0.2, 0.25) is 0 Å². The maximum absolute atomic E-state index is 12.0. The molecule has 2 N–H and O–H groups in total. The summed E-state index contributed by atoms with van der Waals surface area (Å²) in [7, 11) is 0. The number of amides is 1. The van der Waals surface area contributed by atoms with E-state index in [2.05, 4.69) is 22.4 Å². The fourth-order valence-electron chi connectivity index (χ4n) is 2.36. The van der Waals surface area contributed by atoms with E-state index >= 15 is 0 Å². The molecule has 2 atom stereocenters. The molecule has 0 aliphatic heterocycles. The minimum Gasteiger partial charge on any atom is -0.349 e. The molecule has 1 amide bonds. The van der Waals surface area contributed by atoms with E-state index in [0.29, 0.717) is 17.5 Å². The van der Waals surface area contributed by atoms with Crippen molar-refractivity contribution < 1.29 is 4.79 Å². The normalized spacial score (nSPS) is 25.4. The third kappa shape index (κ3) is 2.26. The van der Waals surface area contributed by atoms with Crippen LogP contribution >= 0.6 is 0 Å². The van der Waals surface area contributed by atoms with Crippen LogP contribution in [-0.2, 0) is 0 Å². The summed E-state index contributed by atoms with van der Waals surface area (Å²) in [5.74, 6) is 0.593. The molecule has 88 valence electrons. The van der Waals surface area contributed by atoms with Gasteiger partial charge >= 0.3 is 0 Å². The molecule has 0 aromatic carbocycles. The number of aryl methyl sites for hydroxylation is 1. The van der Waals surface area contributed by atoms with Crippen LogP contribution in [0, 0.1) is 12.8 Å². The van der Waals surface area contributed by atoms with Gasteiger partial charge < -0.3 is 5.32 Å². The van der Waals surface area contributed by atoms with Gasteiger partial charge in [-0.15, -0.1) is 0 Å². The molecule has 1 saturated carbocycles. The van der Waals surface area contributed by atoms with E-state index < -0.39 is 0 Å². The molecule has 0 saturated heterocycles. The average Bonchev–Trinajstić information content (AvgIpc) is 2.68. The van der Waals surface area contributed by atoms with Gasteiger partial charge in [-0.05, 0) is 25.7 Å². The van der Waals surface area contributed by atoms with Crippen molar-refractivity contribution in [3.63, 3.8) is 0 Å². The molecule has 0 radical (unpaired) electrons. The fraction of sp³-hybridized carbons (Fsp3) is 0.667. The first kappa shape index (κ1) is 11.2.